The van der Waals surface area contributed by atoms with E-state index in [4.69, 9.17) is 9.47 Å². The third kappa shape index (κ3) is 6.32. The fourth-order valence-electron chi connectivity index (χ4n) is 3.13. The Morgan fingerprint density at radius 1 is 1.33 bits per heavy atom. The van der Waals surface area contributed by atoms with Gasteiger partial charge in [-0.05, 0) is 38.5 Å². The van der Waals surface area contributed by atoms with E-state index in [2.05, 4.69) is 10.2 Å². The Morgan fingerprint density at radius 3 is 2.81 bits per heavy atom. The Hall–Kier alpha value is -0.650. The maximum Gasteiger partial charge on any atom is 0.220 e. The summed E-state index contributed by atoms with van der Waals surface area (Å²) in [4.78, 5) is 14.4. The van der Waals surface area contributed by atoms with Crippen molar-refractivity contribution in [2.45, 2.75) is 45.1 Å². The second-order valence-corrected chi connectivity index (χ2v) is 6.17. The normalized spacial score (nSPS) is 24.3. The van der Waals surface area contributed by atoms with Crippen LogP contribution in [0.15, 0.2) is 0 Å². The highest BCUT2D eigenvalue weighted by molar-refractivity contribution is 5.76. The van der Waals surface area contributed by atoms with E-state index in [9.17, 15) is 4.79 Å². The number of nitrogens with one attached hydrogen (secondary N) is 1. The van der Waals surface area contributed by atoms with Crippen molar-refractivity contribution < 1.29 is 14.3 Å². The standard InChI is InChI=1S/C16H30N2O3/c1-2-20-10-3-4-16(19)17-15-5-8-18(9-6-15)12-14-7-11-21-13-14/h14-15H,2-13H2,1H3,(H,17,19). The van der Waals surface area contributed by atoms with Crippen LogP contribution in [0.25, 0.3) is 0 Å². The van der Waals surface area contributed by atoms with Gasteiger partial charge in [0.1, 0.15) is 0 Å². The summed E-state index contributed by atoms with van der Waals surface area (Å²) in [7, 11) is 0. The minimum atomic E-state index is 0.178. The molecule has 2 heterocycles. The van der Waals surface area contributed by atoms with Crippen molar-refractivity contribution in [2.24, 2.45) is 5.92 Å². The number of carbonyl (C=O) groups excluding carboxylic acids is 1. The first-order valence-electron chi connectivity index (χ1n) is 8.45. The van der Waals surface area contributed by atoms with E-state index >= 15 is 0 Å². The molecule has 0 aromatic heterocycles. The van der Waals surface area contributed by atoms with E-state index in [1.807, 2.05) is 6.92 Å². The molecule has 0 aliphatic carbocycles. The van der Waals surface area contributed by atoms with Crippen LogP contribution < -0.4 is 5.32 Å². The second kappa shape index (κ2) is 9.38. The minimum absolute atomic E-state index is 0.178. The van der Waals surface area contributed by atoms with Crippen LogP contribution in [-0.4, -0.2) is 62.9 Å². The lowest BCUT2D eigenvalue weighted by molar-refractivity contribution is -0.122. The zero-order valence-corrected chi connectivity index (χ0v) is 13.3. The lowest BCUT2D eigenvalue weighted by atomic mass is 10.0. The summed E-state index contributed by atoms with van der Waals surface area (Å²) in [6, 6.07) is 0.362. The minimum Gasteiger partial charge on any atom is -0.382 e. The summed E-state index contributed by atoms with van der Waals surface area (Å²) < 4.78 is 10.7. The highest BCUT2D eigenvalue weighted by Gasteiger charge is 2.24. The van der Waals surface area contributed by atoms with Crippen molar-refractivity contribution in [3.63, 3.8) is 0 Å². The van der Waals surface area contributed by atoms with Crippen molar-refractivity contribution in [3.8, 4) is 0 Å². The van der Waals surface area contributed by atoms with Crippen LogP contribution in [0.3, 0.4) is 0 Å². The maximum absolute atomic E-state index is 11.8. The van der Waals surface area contributed by atoms with E-state index in [1.54, 1.807) is 0 Å². The number of piperidine rings is 1. The average molecular weight is 298 g/mol. The number of ether oxygens (including phenoxy) is 2. The molecule has 0 aromatic carbocycles. The SMILES string of the molecule is CCOCCCC(=O)NC1CCN(CC2CCOC2)CC1. The molecule has 1 N–H and O–H groups in total. The fourth-order valence-corrected chi connectivity index (χ4v) is 3.13. The van der Waals surface area contributed by atoms with Crippen LogP contribution in [0.2, 0.25) is 0 Å². The Morgan fingerprint density at radius 2 is 2.14 bits per heavy atom. The van der Waals surface area contributed by atoms with Gasteiger partial charge in [0.15, 0.2) is 0 Å². The molecule has 1 unspecified atom stereocenters. The van der Waals surface area contributed by atoms with Crippen molar-refractivity contribution in [2.75, 3.05) is 46.1 Å². The Kier molecular flexibility index (Phi) is 7.47. The molecule has 0 saturated carbocycles. The summed E-state index contributed by atoms with van der Waals surface area (Å²) >= 11 is 0. The first kappa shape index (κ1) is 16.7. The highest BCUT2D eigenvalue weighted by atomic mass is 16.5. The molecular weight excluding hydrogens is 268 g/mol. The average Bonchev–Trinajstić information content (AvgIpc) is 2.99. The van der Waals surface area contributed by atoms with E-state index in [-0.39, 0.29) is 5.91 Å². The van der Waals surface area contributed by atoms with Gasteiger partial charge in [-0.1, -0.05) is 0 Å². The molecule has 5 nitrogen and oxygen atoms in total. The van der Waals surface area contributed by atoms with Gasteiger partial charge in [0.25, 0.3) is 0 Å². The third-order valence-corrected chi connectivity index (χ3v) is 4.39. The monoisotopic (exact) mass is 298 g/mol. The largest absolute Gasteiger partial charge is 0.382 e. The molecule has 0 radical (unpaired) electrons. The third-order valence-electron chi connectivity index (χ3n) is 4.39. The highest BCUT2D eigenvalue weighted by Crippen LogP contribution is 2.17. The zero-order valence-electron chi connectivity index (χ0n) is 13.3. The number of carbonyl (C=O) groups is 1. The van der Waals surface area contributed by atoms with Crippen molar-refractivity contribution in [1.82, 2.24) is 10.2 Å². The van der Waals surface area contributed by atoms with E-state index < -0.39 is 0 Å². The molecule has 2 rings (SSSR count). The summed E-state index contributed by atoms with van der Waals surface area (Å²) in [5, 5.41) is 3.16. The number of nitrogens with zero attached hydrogens (tertiary/aromatic N) is 1. The molecule has 2 aliphatic heterocycles. The molecule has 2 fully saturated rings. The van der Waals surface area contributed by atoms with Crippen molar-refractivity contribution in [1.29, 1.82) is 0 Å². The van der Waals surface area contributed by atoms with Crippen LogP contribution in [0.1, 0.15) is 39.0 Å². The van der Waals surface area contributed by atoms with E-state index in [0.717, 1.165) is 64.6 Å². The van der Waals surface area contributed by atoms with E-state index in [1.165, 1.54) is 6.42 Å². The van der Waals surface area contributed by atoms with Gasteiger partial charge in [0.2, 0.25) is 5.91 Å². The Labute approximate surface area is 128 Å². The molecule has 122 valence electrons. The molecule has 21 heavy (non-hydrogen) atoms. The van der Waals surface area contributed by atoms with Crippen molar-refractivity contribution >= 4 is 5.91 Å². The molecule has 0 bridgehead atoms. The van der Waals surface area contributed by atoms with Gasteiger partial charge in [-0.25, -0.2) is 0 Å². The Bertz CT molecular complexity index is 298. The first-order valence-corrected chi connectivity index (χ1v) is 8.45. The number of amides is 1. The van der Waals surface area contributed by atoms with Gasteiger partial charge in [0.05, 0.1) is 6.61 Å². The molecule has 5 heteroatoms. The number of likely N-dealkylation sites (tertiary alicyclic amines) is 1. The topological polar surface area (TPSA) is 50.8 Å². The van der Waals surface area contributed by atoms with E-state index in [0.29, 0.717) is 19.1 Å². The van der Waals surface area contributed by atoms with Gasteiger partial charge < -0.3 is 19.7 Å². The van der Waals surface area contributed by atoms with Gasteiger partial charge in [0, 0.05) is 51.9 Å². The molecule has 0 spiro atoms. The fraction of sp³-hybridized carbons (Fsp3) is 0.938. The number of hydrogen-bond acceptors (Lipinski definition) is 4. The van der Waals surface area contributed by atoms with Crippen LogP contribution in [0, 0.1) is 5.92 Å². The van der Waals surface area contributed by atoms with Crippen LogP contribution in [0.5, 0.6) is 0 Å². The van der Waals surface area contributed by atoms with Crippen LogP contribution in [-0.2, 0) is 14.3 Å². The molecule has 1 amide bonds. The van der Waals surface area contributed by atoms with Gasteiger partial charge in [-0.15, -0.1) is 0 Å². The van der Waals surface area contributed by atoms with Gasteiger partial charge >= 0.3 is 0 Å². The molecule has 2 saturated heterocycles. The van der Waals surface area contributed by atoms with Gasteiger partial charge in [-0.2, -0.15) is 0 Å². The molecular formula is C16H30N2O3. The number of rotatable bonds is 8. The summed E-state index contributed by atoms with van der Waals surface area (Å²) in [5.74, 6) is 0.895. The maximum atomic E-state index is 11.8. The molecule has 0 aromatic rings. The van der Waals surface area contributed by atoms with Crippen LogP contribution in [0.4, 0.5) is 0 Å². The lowest BCUT2D eigenvalue weighted by Crippen LogP contribution is -2.45. The summed E-state index contributed by atoms with van der Waals surface area (Å²) in [5.41, 5.74) is 0. The van der Waals surface area contributed by atoms with Crippen LogP contribution >= 0.6 is 0 Å². The van der Waals surface area contributed by atoms with Crippen molar-refractivity contribution in [3.05, 3.63) is 0 Å². The van der Waals surface area contributed by atoms with Gasteiger partial charge in [-0.3, -0.25) is 4.79 Å². The summed E-state index contributed by atoms with van der Waals surface area (Å²) in [6.45, 7) is 8.61. The zero-order chi connectivity index (χ0) is 14.9. The number of hydrogen-bond donors (Lipinski definition) is 1. The Balaban J connectivity index is 1.54. The predicted molar refractivity (Wildman–Crippen MR) is 82.3 cm³/mol. The smallest absolute Gasteiger partial charge is 0.220 e. The second-order valence-electron chi connectivity index (χ2n) is 6.17. The summed E-state index contributed by atoms with van der Waals surface area (Å²) in [6.07, 6.45) is 4.76. The quantitative estimate of drug-likeness (QED) is 0.689. The molecule has 1 atom stereocenters. The molecule has 2 aliphatic rings. The predicted octanol–water partition coefficient (Wildman–Crippen LogP) is 1.42. The first-order chi connectivity index (χ1) is 10.3. The lowest BCUT2D eigenvalue weighted by Gasteiger charge is -2.33.